The van der Waals surface area contributed by atoms with E-state index in [0.29, 0.717) is 18.0 Å². The summed E-state index contributed by atoms with van der Waals surface area (Å²) in [7, 11) is 0. The number of halogens is 1. The van der Waals surface area contributed by atoms with Crippen LogP contribution in [0.3, 0.4) is 0 Å². The van der Waals surface area contributed by atoms with Crippen molar-refractivity contribution in [3.63, 3.8) is 0 Å². The highest BCUT2D eigenvalue weighted by molar-refractivity contribution is 7.09. The number of nitrogens with zero attached hydrogens (tertiary/aromatic N) is 4. The van der Waals surface area contributed by atoms with Crippen LogP contribution >= 0.6 is 22.9 Å². The second-order valence-corrected chi connectivity index (χ2v) is 5.27. The lowest BCUT2D eigenvalue weighted by molar-refractivity contribution is 0.787. The highest BCUT2D eigenvalue weighted by atomic mass is 35.5. The molecule has 3 rings (SSSR count). The first-order valence-corrected chi connectivity index (χ1v) is 7.06. The monoisotopic (exact) mass is 288 g/mol. The molecular weight excluding hydrogens is 280 g/mol. The van der Waals surface area contributed by atoms with E-state index in [1.807, 2.05) is 22.9 Å². The Labute approximate surface area is 118 Å². The molecule has 6 heteroatoms. The Balaban J connectivity index is 2.16. The molecule has 0 atom stereocenters. The van der Waals surface area contributed by atoms with Crippen molar-refractivity contribution in [1.82, 2.24) is 14.5 Å². The SMILES string of the molecule is N#Cc1ccc2nc(CCl)n(Cc3cncs3)c2c1. The Kier molecular flexibility index (Phi) is 3.20. The van der Waals surface area contributed by atoms with Crippen LogP contribution in [0.4, 0.5) is 0 Å². The van der Waals surface area contributed by atoms with Gasteiger partial charge in [0, 0.05) is 11.1 Å². The molecule has 0 aliphatic carbocycles. The number of alkyl halides is 1. The van der Waals surface area contributed by atoms with E-state index in [2.05, 4.69) is 16.0 Å². The molecule has 0 aliphatic heterocycles. The molecular formula is C13H9ClN4S. The summed E-state index contributed by atoms with van der Waals surface area (Å²) in [5.41, 5.74) is 4.22. The molecule has 0 aliphatic rings. The number of imidazole rings is 1. The molecule has 0 radical (unpaired) electrons. The Morgan fingerprint density at radius 2 is 2.32 bits per heavy atom. The molecule has 19 heavy (non-hydrogen) atoms. The van der Waals surface area contributed by atoms with E-state index in [9.17, 15) is 0 Å². The summed E-state index contributed by atoms with van der Waals surface area (Å²) in [4.78, 5) is 9.70. The van der Waals surface area contributed by atoms with Gasteiger partial charge in [-0.1, -0.05) is 0 Å². The fourth-order valence-electron chi connectivity index (χ4n) is 2.00. The first-order chi connectivity index (χ1) is 9.31. The normalized spacial score (nSPS) is 10.7. The second-order valence-electron chi connectivity index (χ2n) is 4.03. The standard InChI is InChI=1S/C13H9ClN4S/c14-4-13-17-11-2-1-9(5-15)3-12(11)18(13)7-10-6-16-8-19-10/h1-3,6,8H,4,7H2. The van der Waals surface area contributed by atoms with Crippen molar-refractivity contribution in [1.29, 1.82) is 5.26 Å². The van der Waals surface area contributed by atoms with Crippen molar-refractivity contribution in [2.24, 2.45) is 0 Å². The molecule has 2 heterocycles. The third-order valence-corrected chi connectivity index (χ3v) is 3.88. The zero-order valence-electron chi connectivity index (χ0n) is 9.88. The first kappa shape index (κ1) is 12.2. The molecule has 0 saturated carbocycles. The zero-order chi connectivity index (χ0) is 13.2. The lowest BCUT2D eigenvalue weighted by Gasteiger charge is -2.05. The van der Waals surface area contributed by atoms with E-state index in [0.717, 1.165) is 21.7 Å². The van der Waals surface area contributed by atoms with Gasteiger partial charge in [0.05, 0.1) is 40.6 Å². The molecule has 0 N–H and O–H groups in total. The van der Waals surface area contributed by atoms with Crippen LogP contribution in [0, 0.1) is 11.3 Å². The Morgan fingerprint density at radius 3 is 3.00 bits per heavy atom. The summed E-state index contributed by atoms with van der Waals surface area (Å²) in [5.74, 6) is 1.15. The van der Waals surface area contributed by atoms with Crippen molar-refractivity contribution in [2.75, 3.05) is 0 Å². The van der Waals surface area contributed by atoms with E-state index in [4.69, 9.17) is 16.9 Å². The molecule has 0 fully saturated rings. The fourth-order valence-corrected chi connectivity index (χ4v) is 2.78. The minimum absolute atomic E-state index is 0.343. The van der Waals surface area contributed by atoms with Crippen molar-refractivity contribution in [3.8, 4) is 6.07 Å². The maximum absolute atomic E-state index is 8.99. The van der Waals surface area contributed by atoms with Gasteiger partial charge in [-0.2, -0.15) is 5.26 Å². The lowest BCUT2D eigenvalue weighted by Crippen LogP contribution is -2.02. The molecule has 94 valence electrons. The topological polar surface area (TPSA) is 54.5 Å². The van der Waals surface area contributed by atoms with Crippen LogP contribution < -0.4 is 0 Å². The molecule has 4 nitrogen and oxygen atoms in total. The summed E-state index contributed by atoms with van der Waals surface area (Å²) in [5, 5.41) is 8.99. The molecule has 0 spiro atoms. The van der Waals surface area contributed by atoms with Gasteiger partial charge >= 0.3 is 0 Å². The minimum Gasteiger partial charge on any atom is -0.322 e. The third kappa shape index (κ3) is 2.21. The number of hydrogen-bond donors (Lipinski definition) is 0. The number of benzene rings is 1. The van der Waals surface area contributed by atoms with Crippen molar-refractivity contribution < 1.29 is 0 Å². The fraction of sp³-hybridized carbons (Fsp3) is 0.154. The Hall–Kier alpha value is -1.90. The highest BCUT2D eigenvalue weighted by Crippen LogP contribution is 2.21. The number of hydrogen-bond acceptors (Lipinski definition) is 4. The second kappa shape index (κ2) is 5.00. The number of rotatable bonds is 3. The minimum atomic E-state index is 0.343. The zero-order valence-corrected chi connectivity index (χ0v) is 11.4. The number of fused-ring (bicyclic) bond motifs is 1. The van der Waals surface area contributed by atoms with Crippen molar-refractivity contribution in [2.45, 2.75) is 12.4 Å². The first-order valence-electron chi connectivity index (χ1n) is 5.64. The molecule has 0 saturated heterocycles. The van der Waals surface area contributed by atoms with Gasteiger partial charge in [-0.3, -0.25) is 4.98 Å². The van der Waals surface area contributed by atoms with Crippen LogP contribution in [-0.4, -0.2) is 14.5 Å². The molecule has 3 aromatic rings. The van der Waals surface area contributed by atoms with E-state index < -0.39 is 0 Å². The molecule has 2 aromatic heterocycles. The van der Waals surface area contributed by atoms with Crippen LogP contribution in [0.25, 0.3) is 11.0 Å². The van der Waals surface area contributed by atoms with Gasteiger partial charge in [-0.05, 0) is 18.2 Å². The summed E-state index contributed by atoms with van der Waals surface area (Å²) >= 11 is 7.55. The molecule has 0 unspecified atom stereocenters. The van der Waals surface area contributed by atoms with Gasteiger partial charge in [-0.15, -0.1) is 22.9 Å². The predicted octanol–water partition coefficient (Wildman–Crippen LogP) is 3.15. The summed E-state index contributed by atoms with van der Waals surface area (Å²) in [6.45, 7) is 0.679. The van der Waals surface area contributed by atoms with Crippen LogP contribution in [0.15, 0.2) is 29.9 Å². The van der Waals surface area contributed by atoms with E-state index >= 15 is 0 Å². The van der Waals surface area contributed by atoms with E-state index in [1.54, 1.807) is 22.9 Å². The van der Waals surface area contributed by atoms with E-state index in [1.165, 1.54) is 0 Å². The summed E-state index contributed by atoms with van der Waals surface area (Å²) in [6.07, 6.45) is 1.84. The number of nitriles is 1. The maximum Gasteiger partial charge on any atom is 0.125 e. The van der Waals surface area contributed by atoms with Gasteiger partial charge in [-0.25, -0.2) is 4.98 Å². The van der Waals surface area contributed by atoms with E-state index in [-0.39, 0.29) is 0 Å². The van der Waals surface area contributed by atoms with Gasteiger partial charge < -0.3 is 4.57 Å². The quantitative estimate of drug-likeness (QED) is 0.696. The van der Waals surface area contributed by atoms with Crippen LogP contribution in [-0.2, 0) is 12.4 Å². The third-order valence-electron chi connectivity index (χ3n) is 2.87. The predicted molar refractivity (Wildman–Crippen MR) is 75.2 cm³/mol. The van der Waals surface area contributed by atoms with Gasteiger partial charge in [0.25, 0.3) is 0 Å². The van der Waals surface area contributed by atoms with Gasteiger partial charge in [0.1, 0.15) is 5.82 Å². The number of aromatic nitrogens is 3. The Morgan fingerprint density at radius 1 is 1.42 bits per heavy atom. The molecule has 1 aromatic carbocycles. The van der Waals surface area contributed by atoms with Crippen LogP contribution in [0.1, 0.15) is 16.3 Å². The van der Waals surface area contributed by atoms with Gasteiger partial charge in [0.15, 0.2) is 0 Å². The maximum atomic E-state index is 8.99. The van der Waals surface area contributed by atoms with Crippen LogP contribution in [0.5, 0.6) is 0 Å². The smallest absolute Gasteiger partial charge is 0.125 e. The lowest BCUT2D eigenvalue weighted by atomic mass is 10.2. The van der Waals surface area contributed by atoms with Crippen molar-refractivity contribution >= 4 is 34.0 Å². The molecule has 0 amide bonds. The average molecular weight is 289 g/mol. The summed E-state index contributed by atoms with van der Waals surface area (Å²) in [6, 6.07) is 7.62. The Bertz CT molecular complexity index is 755. The van der Waals surface area contributed by atoms with Gasteiger partial charge in [0.2, 0.25) is 0 Å². The summed E-state index contributed by atoms with van der Waals surface area (Å²) < 4.78 is 2.04. The van der Waals surface area contributed by atoms with Crippen LogP contribution in [0.2, 0.25) is 0 Å². The largest absolute Gasteiger partial charge is 0.322 e. The highest BCUT2D eigenvalue weighted by Gasteiger charge is 2.11. The van der Waals surface area contributed by atoms with Crippen molar-refractivity contribution in [3.05, 3.63) is 46.2 Å². The molecule has 0 bridgehead atoms. The number of thiazole rings is 1. The average Bonchev–Trinajstić information content (AvgIpc) is 3.07.